The molecule has 2 aromatic rings. The van der Waals surface area contributed by atoms with Crippen LogP contribution < -0.4 is 0 Å². The van der Waals surface area contributed by atoms with E-state index in [4.69, 9.17) is 0 Å². The van der Waals surface area contributed by atoms with Crippen LogP contribution in [0.3, 0.4) is 0 Å². The summed E-state index contributed by atoms with van der Waals surface area (Å²) in [6, 6.07) is 14.1. The Labute approximate surface area is 146 Å². The van der Waals surface area contributed by atoms with E-state index in [0.29, 0.717) is 12.8 Å². The van der Waals surface area contributed by atoms with Crippen molar-refractivity contribution >= 4 is 23.0 Å². The fourth-order valence-corrected chi connectivity index (χ4v) is 3.63. The minimum Gasteiger partial charge on any atom is -0.340 e. The number of thiophene rings is 1. The molecule has 126 valence electrons. The first-order valence-electron chi connectivity index (χ1n) is 8.33. The monoisotopic (exact) mass is 342 g/mol. The summed E-state index contributed by atoms with van der Waals surface area (Å²) in [7, 11) is 0. The van der Waals surface area contributed by atoms with Crippen LogP contribution in [0.1, 0.15) is 28.1 Å². The van der Waals surface area contributed by atoms with E-state index < -0.39 is 0 Å². The Morgan fingerprint density at radius 1 is 0.917 bits per heavy atom. The average molecular weight is 342 g/mol. The Kier molecular flexibility index (Phi) is 5.77. The number of hydrogen-bond acceptors (Lipinski definition) is 4. The zero-order valence-corrected chi connectivity index (χ0v) is 14.5. The van der Waals surface area contributed by atoms with Gasteiger partial charge in [0, 0.05) is 45.6 Å². The third-order valence-electron chi connectivity index (χ3n) is 4.34. The minimum absolute atomic E-state index is 0.0704. The molecule has 0 aliphatic carbocycles. The molecule has 1 amide bonds. The highest BCUT2D eigenvalue weighted by Crippen LogP contribution is 2.14. The van der Waals surface area contributed by atoms with E-state index in [1.54, 1.807) is 0 Å². The number of carbonyl (C=O) groups excluding carboxylic acids is 2. The number of rotatable bonds is 6. The molecule has 1 fully saturated rings. The van der Waals surface area contributed by atoms with E-state index >= 15 is 0 Å². The van der Waals surface area contributed by atoms with Crippen molar-refractivity contribution in [2.45, 2.75) is 19.4 Å². The van der Waals surface area contributed by atoms with Gasteiger partial charge in [0.25, 0.3) is 0 Å². The van der Waals surface area contributed by atoms with E-state index in [9.17, 15) is 9.59 Å². The second-order valence-corrected chi connectivity index (χ2v) is 6.99. The smallest absolute Gasteiger partial charge is 0.223 e. The highest BCUT2D eigenvalue weighted by molar-refractivity contribution is 7.12. The molecular formula is C19H22N2O2S. The second kappa shape index (κ2) is 8.22. The molecule has 0 saturated carbocycles. The SMILES string of the molecule is O=C(CCC(=O)N1CCN(Cc2ccccc2)CC1)c1cccs1. The Hall–Kier alpha value is -1.98. The van der Waals surface area contributed by atoms with Crippen molar-refractivity contribution in [2.75, 3.05) is 26.2 Å². The van der Waals surface area contributed by atoms with Crippen molar-refractivity contribution in [3.8, 4) is 0 Å². The van der Waals surface area contributed by atoms with Gasteiger partial charge >= 0.3 is 0 Å². The molecule has 1 saturated heterocycles. The molecule has 0 bridgehead atoms. The van der Waals surface area contributed by atoms with Gasteiger partial charge in [0.15, 0.2) is 5.78 Å². The summed E-state index contributed by atoms with van der Waals surface area (Å²) < 4.78 is 0. The van der Waals surface area contributed by atoms with E-state index in [1.165, 1.54) is 16.9 Å². The second-order valence-electron chi connectivity index (χ2n) is 6.04. The molecule has 2 heterocycles. The molecule has 0 spiro atoms. The summed E-state index contributed by atoms with van der Waals surface area (Å²) in [6.45, 7) is 4.20. The standard InChI is InChI=1S/C19H22N2O2S/c22-17(18-7-4-14-24-18)8-9-19(23)21-12-10-20(11-13-21)15-16-5-2-1-3-6-16/h1-7,14H,8-13,15H2. The number of nitrogens with zero attached hydrogens (tertiary/aromatic N) is 2. The van der Waals surface area contributed by atoms with Gasteiger partial charge in [-0.15, -0.1) is 11.3 Å². The predicted molar refractivity (Wildman–Crippen MR) is 96.2 cm³/mol. The lowest BCUT2D eigenvalue weighted by Crippen LogP contribution is -2.48. The highest BCUT2D eigenvalue weighted by Gasteiger charge is 2.21. The first-order chi connectivity index (χ1) is 11.7. The largest absolute Gasteiger partial charge is 0.340 e. The number of carbonyl (C=O) groups is 2. The summed E-state index contributed by atoms with van der Waals surface area (Å²) in [5, 5.41) is 1.89. The van der Waals surface area contributed by atoms with Crippen LogP contribution in [0.5, 0.6) is 0 Å². The highest BCUT2D eigenvalue weighted by atomic mass is 32.1. The summed E-state index contributed by atoms with van der Waals surface area (Å²) in [5.41, 5.74) is 1.30. The fraction of sp³-hybridized carbons (Fsp3) is 0.368. The van der Waals surface area contributed by atoms with Crippen LogP contribution in [0.25, 0.3) is 0 Å². The van der Waals surface area contributed by atoms with Crippen LogP contribution in [0.2, 0.25) is 0 Å². The van der Waals surface area contributed by atoms with Crippen LogP contribution >= 0.6 is 11.3 Å². The molecule has 1 aromatic carbocycles. The van der Waals surface area contributed by atoms with E-state index in [1.807, 2.05) is 28.5 Å². The van der Waals surface area contributed by atoms with Crippen molar-refractivity contribution in [1.29, 1.82) is 0 Å². The van der Waals surface area contributed by atoms with Crippen molar-refractivity contribution in [2.24, 2.45) is 0 Å². The molecule has 4 nitrogen and oxygen atoms in total. The van der Waals surface area contributed by atoms with Gasteiger partial charge in [-0.25, -0.2) is 0 Å². The fourth-order valence-electron chi connectivity index (χ4n) is 2.94. The Bertz CT molecular complexity index is 662. The lowest BCUT2D eigenvalue weighted by molar-refractivity contribution is -0.132. The van der Waals surface area contributed by atoms with Gasteiger partial charge in [-0.1, -0.05) is 36.4 Å². The molecule has 1 aromatic heterocycles. The minimum atomic E-state index is 0.0704. The van der Waals surface area contributed by atoms with Crippen LogP contribution in [0, 0.1) is 0 Å². The van der Waals surface area contributed by atoms with Gasteiger partial charge in [-0.3, -0.25) is 14.5 Å². The van der Waals surface area contributed by atoms with Crippen molar-refractivity contribution in [3.05, 3.63) is 58.3 Å². The zero-order chi connectivity index (χ0) is 16.8. The quantitative estimate of drug-likeness (QED) is 0.758. The lowest BCUT2D eigenvalue weighted by Gasteiger charge is -2.34. The van der Waals surface area contributed by atoms with Crippen molar-refractivity contribution in [3.63, 3.8) is 0 Å². The number of piperazine rings is 1. The summed E-state index contributed by atoms with van der Waals surface area (Å²) in [5.74, 6) is 0.167. The van der Waals surface area contributed by atoms with Crippen molar-refractivity contribution < 1.29 is 9.59 Å². The van der Waals surface area contributed by atoms with E-state index in [0.717, 1.165) is 37.6 Å². The molecule has 1 aliphatic rings. The number of amides is 1. The zero-order valence-electron chi connectivity index (χ0n) is 13.7. The number of benzene rings is 1. The van der Waals surface area contributed by atoms with Crippen LogP contribution in [0.4, 0.5) is 0 Å². The molecule has 0 unspecified atom stereocenters. The summed E-state index contributed by atoms with van der Waals surface area (Å²) in [4.78, 5) is 29.3. The van der Waals surface area contributed by atoms with Gasteiger partial charge in [0.2, 0.25) is 5.91 Å². The summed E-state index contributed by atoms with van der Waals surface area (Å²) >= 11 is 1.44. The first kappa shape index (κ1) is 16.9. The van der Waals surface area contributed by atoms with E-state index in [2.05, 4.69) is 29.2 Å². The summed E-state index contributed by atoms with van der Waals surface area (Å²) in [6.07, 6.45) is 0.624. The normalized spacial score (nSPS) is 15.4. The maximum absolute atomic E-state index is 12.3. The van der Waals surface area contributed by atoms with Crippen LogP contribution in [-0.4, -0.2) is 47.7 Å². The first-order valence-corrected chi connectivity index (χ1v) is 9.21. The van der Waals surface area contributed by atoms with Gasteiger partial charge in [-0.2, -0.15) is 0 Å². The number of ketones is 1. The molecule has 5 heteroatoms. The molecule has 1 aliphatic heterocycles. The van der Waals surface area contributed by atoms with Crippen LogP contribution in [-0.2, 0) is 11.3 Å². The van der Waals surface area contributed by atoms with Gasteiger partial charge in [0.1, 0.15) is 0 Å². The maximum atomic E-state index is 12.3. The molecule has 0 atom stereocenters. The predicted octanol–water partition coefficient (Wildman–Crippen LogP) is 3.06. The van der Waals surface area contributed by atoms with E-state index in [-0.39, 0.29) is 11.7 Å². The van der Waals surface area contributed by atoms with Crippen molar-refractivity contribution in [1.82, 2.24) is 9.80 Å². The molecule has 0 radical (unpaired) electrons. The topological polar surface area (TPSA) is 40.6 Å². The third-order valence-corrected chi connectivity index (χ3v) is 5.25. The van der Waals surface area contributed by atoms with Crippen LogP contribution in [0.15, 0.2) is 47.8 Å². The Morgan fingerprint density at radius 2 is 1.67 bits per heavy atom. The Balaban J connectivity index is 1.41. The molecule has 3 rings (SSSR count). The Morgan fingerprint density at radius 3 is 2.33 bits per heavy atom. The van der Waals surface area contributed by atoms with Gasteiger partial charge in [0.05, 0.1) is 4.88 Å². The molecule has 0 N–H and O–H groups in total. The molecule has 24 heavy (non-hydrogen) atoms. The number of hydrogen-bond donors (Lipinski definition) is 0. The van der Waals surface area contributed by atoms with Gasteiger partial charge in [-0.05, 0) is 17.0 Å². The molecular weight excluding hydrogens is 320 g/mol. The van der Waals surface area contributed by atoms with Gasteiger partial charge < -0.3 is 4.90 Å². The lowest BCUT2D eigenvalue weighted by atomic mass is 10.1. The maximum Gasteiger partial charge on any atom is 0.223 e. The number of Topliss-reactive ketones (excluding diaryl/α,β-unsaturated/α-hetero) is 1. The third kappa shape index (κ3) is 4.52. The average Bonchev–Trinajstić information content (AvgIpc) is 3.16.